The molecular weight excluding hydrogens is 477 g/mol. The van der Waals surface area contributed by atoms with Crippen LogP contribution in [0.3, 0.4) is 0 Å². The molecule has 0 aliphatic heterocycles. The zero-order valence-electron chi connectivity index (χ0n) is 5.04. The predicted octanol–water partition coefficient (Wildman–Crippen LogP) is 0.907. The summed E-state index contributed by atoms with van der Waals surface area (Å²) in [6, 6.07) is 0. The van der Waals surface area contributed by atoms with Crippen LogP contribution in [0.25, 0.3) is 0 Å². The van der Waals surface area contributed by atoms with Gasteiger partial charge in [0.05, 0.1) is 13.2 Å². The minimum atomic E-state index is -0.954. The highest BCUT2D eigenvalue weighted by Crippen LogP contribution is 2.16. The number of alkyl halides is 3. The molecule has 0 saturated carbocycles. The van der Waals surface area contributed by atoms with Crippen molar-refractivity contribution < 1.29 is 15.3 Å². The van der Waals surface area contributed by atoms with E-state index in [-0.39, 0.29) is 13.2 Å². The maximum Gasteiger partial charge on any atom is 0.114 e. The highest BCUT2D eigenvalue weighted by molar-refractivity contribution is 14.3. The van der Waals surface area contributed by atoms with Crippen LogP contribution in [0, 0.1) is 0 Å². The van der Waals surface area contributed by atoms with Crippen molar-refractivity contribution >= 4 is 67.8 Å². The zero-order chi connectivity index (χ0) is 8.57. The third-order valence-corrected chi connectivity index (χ3v) is 0.421. The smallest absolute Gasteiger partial charge is 0.114 e. The Labute approximate surface area is 101 Å². The fourth-order valence-electron chi connectivity index (χ4n) is 0.0577. The lowest BCUT2D eigenvalue weighted by Gasteiger charge is -1.96. The molecular formula is C4H9I3O3. The zero-order valence-corrected chi connectivity index (χ0v) is 11.5. The molecule has 0 spiro atoms. The lowest BCUT2D eigenvalue weighted by atomic mass is 10.4. The Balaban J connectivity index is 0. The number of hydrogen-bond donors (Lipinski definition) is 3. The normalized spacial score (nSPS) is 9.60. The van der Waals surface area contributed by atoms with Crippen LogP contribution in [0.2, 0.25) is 0 Å². The Morgan fingerprint density at radius 1 is 1.00 bits per heavy atom. The molecule has 0 aromatic carbocycles. The van der Waals surface area contributed by atoms with Gasteiger partial charge in [-0.2, -0.15) is 0 Å². The van der Waals surface area contributed by atoms with Gasteiger partial charge in [0.25, 0.3) is 0 Å². The van der Waals surface area contributed by atoms with Crippen molar-refractivity contribution in [3.63, 3.8) is 0 Å². The van der Waals surface area contributed by atoms with Gasteiger partial charge in [0.1, 0.15) is 6.04 Å². The van der Waals surface area contributed by atoms with E-state index in [4.69, 9.17) is 15.3 Å². The van der Waals surface area contributed by atoms with Gasteiger partial charge < -0.3 is 15.3 Å². The molecule has 0 saturated heterocycles. The third-order valence-electron chi connectivity index (χ3n) is 0.421. The summed E-state index contributed by atoms with van der Waals surface area (Å²) in [6.07, 6.45) is -0.954. The van der Waals surface area contributed by atoms with Gasteiger partial charge in [-0.1, -0.05) is 67.8 Å². The first-order valence-corrected chi connectivity index (χ1v) is 6.10. The largest absolute Gasteiger partial charge is 0.394 e. The standard InChI is InChI=1S/C3H8O3.CHI3/c4-1-3(6)2-5;2-1(3)4/h3-6H,1-2H2;1H. The van der Waals surface area contributed by atoms with Crippen molar-refractivity contribution in [1.29, 1.82) is 0 Å². The first-order chi connectivity index (χ1) is 4.54. The second-order valence-electron chi connectivity index (χ2n) is 1.27. The van der Waals surface area contributed by atoms with E-state index in [0.29, 0.717) is 0 Å². The van der Waals surface area contributed by atoms with Crippen molar-refractivity contribution in [2.45, 2.75) is 6.04 Å². The Hall–Kier alpha value is 2.07. The molecule has 0 bridgehead atoms. The van der Waals surface area contributed by atoms with E-state index in [1.165, 1.54) is 0 Å². The summed E-state index contributed by atoms with van der Waals surface area (Å²) >= 11 is 6.95. The number of hydrogen-bond acceptors (Lipinski definition) is 3. The maximum atomic E-state index is 8.17. The minimum absolute atomic E-state index is 0.365. The number of halogens is 3. The lowest BCUT2D eigenvalue weighted by molar-refractivity contribution is 0.0450. The summed E-state index contributed by atoms with van der Waals surface area (Å²) in [4.78, 5) is 0. The molecule has 10 heavy (non-hydrogen) atoms. The summed E-state index contributed by atoms with van der Waals surface area (Å²) in [6.45, 7) is -0.729. The number of rotatable bonds is 2. The Morgan fingerprint density at radius 3 is 1.20 bits per heavy atom. The number of aliphatic hydroxyl groups is 3. The van der Waals surface area contributed by atoms with Gasteiger partial charge in [0.2, 0.25) is 0 Å². The molecule has 0 aromatic rings. The third kappa shape index (κ3) is 22.5. The van der Waals surface area contributed by atoms with Crippen LogP contribution in [-0.4, -0.2) is 34.6 Å². The molecule has 0 fully saturated rings. The Morgan fingerprint density at radius 2 is 1.20 bits per heavy atom. The first kappa shape index (κ1) is 14.6. The van der Waals surface area contributed by atoms with E-state index in [9.17, 15) is 0 Å². The molecule has 0 radical (unpaired) electrons. The average molecular weight is 486 g/mol. The van der Waals surface area contributed by atoms with Gasteiger partial charge in [-0.15, -0.1) is 0 Å². The van der Waals surface area contributed by atoms with Crippen LogP contribution in [0.1, 0.15) is 0 Å². The highest BCUT2D eigenvalue weighted by atomic mass is 127. The van der Waals surface area contributed by atoms with E-state index in [1.54, 1.807) is 0 Å². The fraction of sp³-hybridized carbons (Fsp3) is 1.00. The number of aliphatic hydroxyl groups excluding tert-OH is 3. The molecule has 3 N–H and O–H groups in total. The summed E-state index contributed by atoms with van der Waals surface area (Å²) in [7, 11) is 0. The van der Waals surface area contributed by atoms with Crippen molar-refractivity contribution in [3.8, 4) is 0 Å². The Kier molecular flexibility index (Phi) is 16.1. The van der Waals surface area contributed by atoms with Gasteiger partial charge >= 0.3 is 0 Å². The summed E-state index contributed by atoms with van der Waals surface area (Å²) in [5.74, 6) is 0. The topological polar surface area (TPSA) is 60.7 Å². The second kappa shape index (κ2) is 11.1. The van der Waals surface area contributed by atoms with Gasteiger partial charge in [-0.3, -0.25) is 0 Å². The van der Waals surface area contributed by atoms with Gasteiger partial charge in [-0.25, -0.2) is 0 Å². The highest BCUT2D eigenvalue weighted by Gasteiger charge is 1.93. The molecule has 0 rings (SSSR count). The van der Waals surface area contributed by atoms with Crippen LogP contribution in [-0.2, 0) is 0 Å². The van der Waals surface area contributed by atoms with E-state index >= 15 is 0 Å². The van der Waals surface area contributed by atoms with Crippen molar-refractivity contribution in [2.24, 2.45) is 0 Å². The van der Waals surface area contributed by atoms with Crippen LogP contribution in [0.4, 0.5) is 0 Å². The van der Waals surface area contributed by atoms with Gasteiger partial charge in [0, 0.05) is 0 Å². The summed E-state index contributed by atoms with van der Waals surface area (Å²) < 4.78 is 0.743. The predicted molar refractivity (Wildman–Crippen MR) is 66.0 cm³/mol. The van der Waals surface area contributed by atoms with Gasteiger partial charge in [0.15, 0.2) is 0 Å². The minimum Gasteiger partial charge on any atom is -0.394 e. The summed E-state index contributed by atoms with van der Waals surface area (Å²) in [5, 5.41) is 24.0. The first-order valence-electron chi connectivity index (χ1n) is 2.36. The molecule has 0 aromatic heterocycles. The van der Waals surface area contributed by atoms with E-state index < -0.39 is 6.10 Å². The molecule has 6 heteroatoms. The van der Waals surface area contributed by atoms with E-state index in [2.05, 4.69) is 67.8 Å². The Bertz CT molecular complexity index is 55.0. The van der Waals surface area contributed by atoms with E-state index in [1.807, 2.05) is 0 Å². The molecule has 0 atom stereocenters. The average Bonchev–Trinajstić information content (AvgIpc) is 1.85. The van der Waals surface area contributed by atoms with Crippen molar-refractivity contribution in [2.75, 3.05) is 13.2 Å². The molecule has 0 amide bonds. The SMILES string of the molecule is IC(I)I.OCC(O)CO. The second-order valence-corrected chi connectivity index (χ2v) is 12.2. The van der Waals surface area contributed by atoms with Gasteiger partial charge in [-0.05, 0) is 0 Å². The lowest BCUT2D eigenvalue weighted by Crippen LogP contribution is -2.15. The maximum absolute atomic E-state index is 8.17. The molecule has 64 valence electrons. The van der Waals surface area contributed by atoms with E-state index in [0.717, 1.165) is -0.0619 Å². The van der Waals surface area contributed by atoms with Crippen LogP contribution < -0.4 is 0 Å². The monoisotopic (exact) mass is 486 g/mol. The van der Waals surface area contributed by atoms with Crippen LogP contribution in [0.5, 0.6) is 0 Å². The molecule has 3 nitrogen and oxygen atoms in total. The molecule has 0 heterocycles. The van der Waals surface area contributed by atoms with Crippen molar-refractivity contribution in [3.05, 3.63) is 0 Å². The van der Waals surface area contributed by atoms with Crippen molar-refractivity contribution in [1.82, 2.24) is 0 Å². The fourth-order valence-corrected chi connectivity index (χ4v) is 0.0577. The molecule has 0 aliphatic rings. The summed E-state index contributed by atoms with van der Waals surface area (Å²) in [5.41, 5.74) is 0. The molecule has 0 unspecified atom stereocenters. The quantitative estimate of drug-likeness (QED) is 0.402. The molecule has 0 aliphatic carbocycles. The van der Waals surface area contributed by atoms with Crippen LogP contribution in [0.15, 0.2) is 0 Å². The van der Waals surface area contributed by atoms with Crippen LogP contribution >= 0.6 is 67.8 Å².